The quantitative estimate of drug-likeness (QED) is 0.849. The molecule has 1 amide bonds. The van der Waals surface area contributed by atoms with Gasteiger partial charge in [0.1, 0.15) is 0 Å². The Bertz CT molecular complexity index is 1010. The van der Waals surface area contributed by atoms with E-state index >= 15 is 0 Å². The van der Waals surface area contributed by atoms with Gasteiger partial charge in [-0.05, 0) is 49.2 Å². The van der Waals surface area contributed by atoms with Crippen LogP contribution in [0.25, 0.3) is 0 Å². The fraction of sp³-hybridized carbons (Fsp3) is 0.350. The van der Waals surface area contributed by atoms with Gasteiger partial charge in [-0.1, -0.05) is 0 Å². The second-order valence-electron chi connectivity index (χ2n) is 7.25. The van der Waals surface area contributed by atoms with Gasteiger partial charge in [-0.15, -0.1) is 0 Å². The lowest BCUT2D eigenvalue weighted by Gasteiger charge is -2.21. The van der Waals surface area contributed by atoms with Crippen molar-refractivity contribution >= 4 is 21.6 Å². The van der Waals surface area contributed by atoms with Crippen LogP contribution in [0.3, 0.4) is 0 Å². The molecule has 1 aliphatic heterocycles. The van der Waals surface area contributed by atoms with E-state index in [-0.39, 0.29) is 10.8 Å². The monoisotopic (exact) mass is 402 g/mol. The van der Waals surface area contributed by atoms with E-state index in [1.54, 1.807) is 18.2 Å². The fourth-order valence-electron chi connectivity index (χ4n) is 3.48. The highest BCUT2D eigenvalue weighted by Gasteiger charge is 2.44. The molecule has 0 unspecified atom stereocenters. The minimum Gasteiger partial charge on any atom is -0.448 e. The van der Waals surface area contributed by atoms with Crippen molar-refractivity contribution in [1.82, 2.24) is 4.31 Å². The molecule has 148 valence electrons. The highest BCUT2D eigenvalue weighted by molar-refractivity contribution is 7.89. The van der Waals surface area contributed by atoms with E-state index < -0.39 is 15.8 Å². The van der Waals surface area contributed by atoms with Crippen molar-refractivity contribution in [2.75, 3.05) is 19.4 Å². The molecule has 1 aliphatic carbocycles. The molecule has 1 N–H and O–H groups in total. The smallest absolute Gasteiger partial charge is 0.255 e. The van der Waals surface area contributed by atoms with Crippen LogP contribution in [0, 0.1) is 0 Å². The molecule has 1 fully saturated rings. The molecule has 1 spiro atoms. The summed E-state index contributed by atoms with van der Waals surface area (Å²) in [5.41, 5.74) is 0.954. The van der Waals surface area contributed by atoms with Crippen molar-refractivity contribution < 1.29 is 22.7 Å². The Morgan fingerprint density at radius 2 is 1.64 bits per heavy atom. The summed E-state index contributed by atoms with van der Waals surface area (Å²) < 4.78 is 37.4. The minimum absolute atomic E-state index is 0.138. The molecule has 28 heavy (non-hydrogen) atoms. The third-order valence-corrected chi connectivity index (χ3v) is 6.88. The lowest BCUT2D eigenvalue weighted by Crippen LogP contribution is -2.34. The molecular weight excluding hydrogens is 380 g/mol. The summed E-state index contributed by atoms with van der Waals surface area (Å²) in [5.74, 6) is 0.451. The van der Waals surface area contributed by atoms with Crippen molar-refractivity contribution in [3.05, 3.63) is 48.0 Å². The lowest BCUT2D eigenvalue weighted by molar-refractivity contribution is -0.0716. The van der Waals surface area contributed by atoms with E-state index in [1.807, 2.05) is 0 Å². The number of rotatable bonds is 4. The number of ether oxygens (including phenoxy) is 2. The van der Waals surface area contributed by atoms with Gasteiger partial charge in [0.2, 0.25) is 10.0 Å². The number of carbonyl (C=O) groups is 1. The molecule has 0 bridgehead atoms. The van der Waals surface area contributed by atoms with Crippen molar-refractivity contribution in [2.24, 2.45) is 0 Å². The van der Waals surface area contributed by atoms with E-state index in [1.165, 1.54) is 38.4 Å². The molecule has 4 rings (SSSR count). The van der Waals surface area contributed by atoms with Gasteiger partial charge in [-0.25, -0.2) is 12.7 Å². The molecule has 1 heterocycles. The summed E-state index contributed by atoms with van der Waals surface area (Å²) in [7, 11) is -0.598. The van der Waals surface area contributed by atoms with Crippen LogP contribution in [-0.4, -0.2) is 38.5 Å². The number of nitrogens with zero attached hydrogens (tertiary/aromatic N) is 1. The zero-order valence-electron chi connectivity index (χ0n) is 15.8. The Labute approximate surface area is 164 Å². The number of anilines is 1. The zero-order chi connectivity index (χ0) is 19.9. The number of sulfonamides is 1. The Morgan fingerprint density at radius 3 is 2.29 bits per heavy atom. The molecule has 8 heteroatoms. The van der Waals surface area contributed by atoms with Crippen molar-refractivity contribution in [3.8, 4) is 11.5 Å². The molecule has 0 atom stereocenters. The van der Waals surface area contributed by atoms with Gasteiger partial charge in [0.05, 0.1) is 4.90 Å². The van der Waals surface area contributed by atoms with Gasteiger partial charge in [0.15, 0.2) is 11.5 Å². The summed E-state index contributed by atoms with van der Waals surface area (Å²) in [6, 6.07) is 11.1. The molecular formula is C20H22N2O5S. The second-order valence-corrected chi connectivity index (χ2v) is 9.40. The Hall–Kier alpha value is -2.58. The van der Waals surface area contributed by atoms with E-state index in [0.29, 0.717) is 22.7 Å². The fourth-order valence-corrected chi connectivity index (χ4v) is 4.38. The highest BCUT2D eigenvalue weighted by Crippen LogP contribution is 2.47. The van der Waals surface area contributed by atoms with Crippen LogP contribution in [0.4, 0.5) is 5.69 Å². The first-order valence-corrected chi connectivity index (χ1v) is 10.6. The zero-order valence-corrected chi connectivity index (χ0v) is 16.6. The Morgan fingerprint density at radius 1 is 1.00 bits per heavy atom. The first-order chi connectivity index (χ1) is 13.3. The van der Waals surface area contributed by atoms with Gasteiger partial charge in [0, 0.05) is 44.3 Å². The summed E-state index contributed by atoms with van der Waals surface area (Å²) in [5, 5.41) is 2.81. The summed E-state index contributed by atoms with van der Waals surface area (Å²) in [6.07, 6.45) is 3.89. The number of hydrogen-bond donors (Lipinski definition) is 1. The van der Waals surface area contributed by atoms with E-state index in [4.69, 9.17) is 9.47 Å². The van der Waals surface area contributed by atoms with Gasteiger partial charge in [-0.3, -0.25) is 4.79 Å². The van der Waals surface area contributed by atoms with E-state index in [2.05, 4.69) is 5.32 Å². The molecule has 0 radical (unpaired) electrons. The van der Waals surface area contributed by atoms with E-state index in [0.717, 1.165) is 30.0 Å². The molecule has 0 aromatic heterocycles. The normalized spacial score (nSPS) is 17.2. The number of amides is 1. The molecule has 7 nitrogen and oxygen atoms in total. The number of hydrogen-bond acceptors (Lipinski definition) is 5. The molecule has 2 aromatic carbocycles. The Kier molecular flexibility index (Phi) is 4.55. The lowest BCUT2D eigenvalue weighted by atomic mass is 10.2. The summed E-state index contributed by atoms with van der Waals surface area (Å²) in [4.78, 5) is 12.7. The largest absolute Gasteiger partial charge is 0.448 e. The first kappa shape index (κ1) is 18.8. The summed E-state index contributed by atoms with van der Waals surface area (Å²) in [6.45, 7) is 0. The first-order valence-electron chi connectivity index (χ1n) is 9.15. The Balaban J connectivity index is 1.48. The van der Waals surface area contributed by atoms with Crippen LogP contribution >= 0.6 is 0 Å². The van der Waals surface area contributed by atoms with Crippen LogP contribution in [-0.2, 0) is 10.0 Å². The second kappa shape index (κ2) is 6.79. The molecule has 0 saturated heterocycles. The van der Waals surface area contributed by atoms with Crippen molar-refractivity contribution in [2.45, 2.75) is 36.4 Å². The maximum Gasteiger partial charge on any atom is 0.255 e. The van der Waals surface area contributed by atoms with Gasteiger partial charge in [-0.2, -0.15) is 0 Å². The number of nitrogens with one attached hydrogen (secondary N) is 1. The highest BCUT2D eigenvalue weighted by atomic mass is 32.2. The molecule has 2 aromatic rings. The van der Waals surface area contributed by atoms with Crippen LogP contribution in [0.15, 0.2) is 47.4 Å². The summed E-state index contributed by atoms with van der Waals surface area (Å²) >= 11 is 0. The molecule has 2 aliphatic rings. The van der Waals surface area contributed by atoms with Crippen molar-refractivity contribution in [1.29, 1.82) is 0 Å². The maximum atomic E-state index is 12.5. The third-order valence-electron chi connectivity index (χ3n) is 5.05. The predicted octanol–water partition coefficient (Wildman–Crippen LogP) is 3.23. The van der Waals surface area contributed by atoms with Crippen LogP contribution in [0.5, 0.6) is 11.5 Å². The van der Waals surface area contributed by atoms with Gasteiger partial charge >= 0.3 is 0 Å². The number of benzene rings is 2. The predicted molar refractivity (Wildman–Crippen MR) is 104 cm³/mol. The minimum atomic E-state index is -3.52. The average molecular weight is 402 g/mol. The van der Waals surface area contributed by atoms with Crippen molar-refractivity contribution in [3.63, 3.8) is 0 Å². The number of carbonyl (C=O) groups excluding carboxylic acids is 1. The molecule has 1 saturated carbocycles. The maximum absolute atomic E-state index is 12.5. The third kappa shape index (κ3) is 3.33. The van der Waals surface area contributed by atoms with Crippen LogP contribution in [0.1, 0.15) is 36.0 Å². The van der Waals surface area contributed by atoms with E-state index in [9.17, 15) is 13.2 Å². The van der Waals surface area contributed by atoms with Gasteiger partial charge in [0.25, 0.3) is 11.7 Å². The van der Waals surface area contributed by atoms with Crippen LogP contribution in [0.2, 0.25) is 0 Å². The SMILES string of the molecule is CN(C)S(=O)(=O)c1ccc(C(=O)Nc2ccc3c(c2)OC2(CCCC2)O3)cc1. The average Bonchev–Trinajstić information content (AvgIpc) is 3.27. The van der Waals surface area contributed by atoms with Gasteiger partial charge < -0.3 is 14.8 Å². The van der Waals surface area contributed by atoms with Crippen LogP contribution < -0.4 is 14.8 Å². The standard InChI is InChI=1S/C20H22N2O5S/c1-22(2)28(24,25)16-8-5-14(6-9-16)19(23)21-15-7-10-17-18(13-15)27-20(26-17)11-3-4-12-20/h5-10,13H,3-4,11-12H2,1-2H3,(H,21,23). The number of fused-ring (bicyclic) bond motifs is 1. The topological polar surface area (TPSA) is 84.9 Å².